The number of thiocarbonyl (C=S) groups is 1. The molecule has 0 aliphatic heterocycles. The summed E-state index contributed by atoms with van der Waals surface area (Å²) < 4.78 is 26.6. The van der Waals surface area contributed by atoms with E-state index in [0.717, 1.165) is 6.20 Å². The van der Waals surface area contributed by atoms with Gasteiger partial charge in [0.1, 0.15) is 5.56 Å². The number of aromatic nitrogens is 1. The normalized spacial score (nSPS) is 10.8. The first-order chi connectivity index (χ1) is 10.8. The number of carbonyl (C=O) groups excluding carboxylic acids is 1. The van der Waals surface area contributed by atoms with Crippen LogP contribution in [0.25, 0.3) is 0 Å². The van der Waals surface area contributed by atoms with Crippen LogP contribution in [0, 0.1) is 5.21 Å². The summed E-state index contributed by atoms with van der Waals surface area (Å²) in [7, 11) is -4.07. The van der Waals surface area contributed by atoms with Crippen molar-refractivity contribution in [2.75, 3.05) is 5.32 Å². The van der Waals surface area contributed by atoms with Crippen LogP contribution in [-0.4, -0.2) is 19.4 Å². The Morgan fingerprint density at radius 1 is 1.22 bits per heavy atom. The molecule has 2 rings (SSSR count). The fraction of sp³-hybridized carbons (Fsp3) is 0. The summed E-state index contributed by atoms with van der Waals surface area (Å²) in [5.41, 5.74) is 5.75. The summed E-state index contributed by atoms with van der Waals surface area (Å²) in [4.78, 5) is 11.8. The van der Waals surface area contributed by atoms with Crippen molar-refractivity contribution in [1.29, 1.82) is 0 Å². The number of hydrogen-bond donors (Lipinski definition) is 3. The van der Waals surface area contributed by atoms with Gasteiger partial charge in [-0.25, -0.2) is 13.1 Å². The topological polar surface area (TPSA) is 128 Å². The van der Waals surface area contributed by atoms with E-state index < -0.39 is 15.9 Å². The summed E-state index contributed by atoms with van der Waals surface area (Å²) in [5.74, 6) is -0.902. The lowest BCUT2D eigenvalue weighted by Gasteiger charge is -2.08. The molecule has 120 valence electrons. The van der Waals surface area contributed by atoms with Crippen molar-refractivity contribution in [3.05, 3.63) is 59.6 Å². The van der Waals surface area contributed by atoms with Crippen molar-refractivity contribution in [2.45, 2.75) is 4.90 Å². The van der Waals surface area contributed by atoms with Gasteiger partial charge in [-0.05, 0) is 42.5 Å². The number of benzene rings is 1. The SMILES string of the molecule is NC(=S)Nc1ccc(S(=O)(=O)NC(=O)c2ccc[n+]([O-])c2)cc1. The highest BCUT2D eigenvalue weighted by Gasteiger charge is 2.19. The molecule has 0 aliphatic rings. The van der Waals surface area contributed by atoms with E-state index in [2.05, 4.69) is 17.5 Å². The number of hydrogen-bond acceptors (Lipinski definition) is 5. The van der Waals surface area contributed by atoms with Gasteiger partial charge in [-0.2, -0.15) is 4.73 Å². The molecule has 0 spiro atoms. The fourth-order valence-electron chi connectivity index (χ4n) is 1.69. The summed E-state index contributed by atoms with van der Waals surface area (Å²) in [6.45, 7) is 0. The predicted molar refractivity (Wildman–Crippen MR) is 86.9 cm³/mol. The lowest BCUT2D eigenvalue weighted by Crippen LogP contribution is -2.33. The second-order valence-corrected chi connectivity index (χ2v) is 6.52. The summed E-state index contributed by atoms with van der Waals surface area (Å²) in [6, 6.07) is 8.14. The Morgan fingerprint density at radius 3 is 2.43 bits per heavy atom. The van der Waals surface area contributed by atoms with Crippen LogP contribution < -0.4 is 20.5 Å². The van der Waals surface area contributed by atoms with Crippen molar-refractivity contribution in [3.8, 4) is 0 Å². The Morgan fingerprint density at radius 2 is 1.87 bits per heavy atom. The molecule has 4 N–H and O–H groups in total. The van der Waals surface area contributed by atoms with Crippen molar-refractivity contribution in [3.63, 3.8) is 0 Å². The average molecular weight is 352 g/mol. The van der Waals surface area contributed by atoms with E-state index in [0.29, 0.717) is 10.4 Å². The first kappa shape index (κ1) is 16.6. The molecule has 0 unspecified atom stereocenters. The molecule has 1 aromatic heterocycles. The minimum absolute atomic E-state index is 0.0453. The van der Waals surface area contributed by atoms with Crippen LogP contribution in [0.2, 0.25) is 0 Å². The summed E-state index contributed by atoms with van der Waals surface area (Å²) in [5, 5.41) is 13.8. The molecule has 0 saturated carbocycles. The van der Waals surface area contributed by atoms with Gasteiger partial charge >= 0.3 is 0 Å². The zero-order valence-electron chi connectivity index (χ0n) is 11.6. The molecule has 0 bridgehead atoms. The maximum absolute atomic E-state index is 12.1. The monoisotopic (exact) mass is 352 g/mol. The third kappa shape index (κ3) is 4.37. The van der Waals surface area contributed by atoms with Gasteiger partial charge in [-0.3, -0.25) is 4.79 Å². The molecule has 0 atom stereocenters. The van der Waals surface area contributed by atoms with Crippen molar-refractivity contribution < 1.29 is 17.9 Å². The number of anilines is 1. The van der Waals surface area contributed by atoms with Crippen molar-refractivity contribution in [2.24, 2.45) is 5.73 Å². The maximum Gasteiger partial charge on any atom is 0.271 e. The molecular formula is C13H12N4O4S2. The van der Waals surface area contributed by atoms with Gasteiger partial charge in [0.2, 0.25) is 0 Å². The number of nitrogens with two attached hydrogens (primary N) is 1. The highest BCUT2D eigenvalue weighted by Crippen LogP contribution is 2.14. The highest BCUT2D eigenvalue weighted by atomic mass is 32.2. The minimum Gasteiger partial charge on any atom is -0.619 e. The highest BCUT2D eigenvalue weighted by molar-refractivity contribution is 7.90. The third-order valence-corrected chi connectivity index (χ3v) is 4.15. The van der Waals surface area contributed by atoms with Gasteiger partial charge in [0.05, 0.1) is 4.90 Å². The average Bonchev–Trinajstić information content (AvgIpc) is 2.46. The minimum atomic E-state index is -4.07. The number of amides is 1. The number of nitrogens with one attached hydrogen (secondary N) is 2. The Labute approximate surface area is 137 Å². The largest absolute Gasteiger partial charge is 0.619 e. The Hall–Kier alpha value is -2.72. The first-order valence-corrected chi connectivity index (χ1v) is 8.09. The lowest BCUT2D eigenvalue weighted by molar-refractivity contribution is -0.605. The molecule has 0 saturated heterocycles. The molecule has 23 heavy (non-hydrogen) atoms. The smallest absolute Gasteiger partial charge is 0.271 e. The van der Waals surface area contributed by atoms with E-state index in [1.807, 2.05) is 4.72 Å². The Kier molecular flexibility index (Phi) is 4.77. The van der Waals surface area contributed by atoms with Gasteiger partial charge in [-0.15, -0.1) is 0 Å². The van der Waals surface area contributed by atoms with E-state index in [9.17, 15) is 18.4 Å². The van der Waals surface area contributed by atoms with Gasteiger partial charge < -0.3 is 16.3 Å². The first-order valence-electron chi connectivity index (χ1n) is 6.20. The van der Waals surface area contributed by atoms with Crippen LogP contribution in [0.5, 0.6) is 0 Å². The van der Waals surface area contributed by atoms with Crippen molar-refractivity contribution in [1.82, 2.24) is 4.72 Å². The zero-order chi connectivity index (χ0) is 17.0. The van der Waals surface area contributed by atoms with Crippen LogP contribution in [0.3, 0.4) is 0 Å². The van der Waals surface area contributed by atoms with E-state index in [-0.39, 0.29) is 15.6 Å². The molecule has 2 aromatic rings. The lowest BCUT2D eigenvalue weighted by atomic mass is 10.3. The molecule has 1 heterocycles. The van der Waals surface area contributed by atoms with Crippen LogP contribution in [0.1, 0.15) is 10.4 Å². The van der Waals surface area contributed by atoms with Crippen LogP contribution >= 0.6 is 12.2 Å². The van der Waals surface area contributed by atoms with Crippen LogP contribution in [-0.2, 0) is 10.0 Å². The van der Waals surface area contributed by atoms with Gasteiger partial charge in [-0.1, -0.05) is 0 Å². The van der Waals surface area contributed by atoms with Crippen LogP contribution in [0.4, 0.5) is 5.69 Å². The molecular weight excluding hydrogens is 340 g/mol. The van der Waals surface area contributed by atoms with Gasteiger partial charge in [0.15, 0.2) is 17.5 Å². The zero-order valence-corrected chi connectivity index (χ0v) is 13.2. The number of nitrogens with zero attached hydrogens (tertiary/aromatic N) is 1. The number of carbonyl (C=O) groups is 1. The standard InChI is InChI=1S/C13H12N4O4S2/c14-13(22)15-10-3-5-11(6-4-10)23(20,21)16-12(18)9-2-1-7-17(19)8-9/h1-8H,(H,16,18)(H3,14,15,22). The molecule has 1 aromatic carbocycles. The van der Waals surface area contributed by atoms with Gasteiger partial charge in [0, 0.05) is 11.8 Å². The summed E-state index contributed by atoms with van der Waals surface area (Å²) in [6.07, 6.45) is 2.15. The Bertz CT molecular complexity index is 851. The number of rotatable bonds is 4. The van der Waals surface area contributed by atoms with E-state index in [1.54, 1.807) is 0 Å². The fourth-order valence-corrected chi connectivity index (χ4v) is 2.78. The Balaban J connectivity index is 2.18. The molecule has 10 heteroatoms. The third-order valence-electron chi connectivity index (χ3n) is 2.70. The van der Waals surface area contributed by atoms with E-state index in [4.69, 9.17) is 5.73 Å². The molecule has 0 radical (unpaired) electrons. The molecule has 8 nitrogen and oxygen atoms in total. The summed E-state index contributed by atoms with van der Waals surface area (Å²) >= 11 is 4.67. The van der Waals surface area contributed by atoms with E-state index in [1.165, 1.54) is 42.6 Å². The second-order valence-electron chi connectivity index (χ2n) is 4.40. The van der Waals surface area contributed by atoms with Gasteiger partial charge in [0.25, 0.3) is 15.9 Å². The number of sulfonamides is 1. The predicted octanol–water partition coefficient (Wildman–Crippen LogP) is 0.0942. The van der Waals surface area contributed by atoms with Crippen LogP contribution in [0.15, 0.2) is 53.7 Å². The maximum atomic E-state index is 12.1. The van der Waals surface area contributed by atoms with Crippen molar-refractivity contribution >= 4 is 38.9 Å². The quantitative estimate of drug-likeness (QED) is 0.404. The molecule has 1 amide bonds. The van der Waals surface area contributed by atoms with E-state index >= 15 is 0 Å². The number of pyridine rings is 1. The molecule has 0 fully saturated rings. The second kappa shape index (κ2) is 6.58. The molecule has 0 aliphatic carbocycles.